The number of anilines is 3. The molecule has 0 radical (unpaired) electrons. The molecule has 0 saturated heterocycles. The van der Waals surface area contributed by atoms with Crippen LogP contribution in [-0.2, 0) is 0 Å². The van der Waals surface area contributed by atoms with Crippen LogP contribution in [0.25, 0.3) is 0 Å². The number of hydrogen-bond acceptors (Lipinski definition) is 5. The molecule has 0 atom stereocenters. The summed E-state index contributed by atoms with van der Waals surface area (Å²) in [7, 11) is 0. The molecule has 1 aliphatic rings. The van der Waals surface area contributed by atoms with E-state index < -0.39 is 0 Å². The number of aromatic nitrogens is 2. The SMILES string of the molecule is CCCNc1cc(N(CC)C2CC2)nc(N)n1. The van der Waals surface area contributed by atoms with Gasteiger partial charge in [0.25, 0.3) is 0 Å². The lowest BCUT2D eigenvalue weighted by atomic mass is 10.4. The van der Waals surface area contributed by atoms with Crippen molar-refractivity contribution in [1.82, 2.24) is 9.97 Å². The van der Waals surface area contributed by atoms with E-state index in [4.69, 9.17) is 5.73 Å². The predicted molar refractivity (Wildman–Crippen MR) is 71.3 cm³/mol. The van der Waals surface area contributed by atoms with E-state index in [0.717, 1.165) is 31.1 Å². The normalized spacial score (nSPS) is 14.7. The molecule has 1 heterocycles. The summed E-state index contributed by atoms with van der Waals surface area (Å²) in [6.07, 6.45) is 3.59. The van der Waals surface area contributed by atoms with Gasteiger partial charge in [0.1, 0.15) is 11.6 Å². The maximum Gasteiger partial charge on any atom is 0.223 e. The highest BCUT2D eigenvalue weighted by atomic mass is 15.3. The van der Waals surface area contributed by atoms with Gasteiger partial charge in [-0.1, -0.05) is 6.92 Å². The van der Waals surface area contributed by atoms with Crippen molar-refractivity contribution in [2.75, 3.05) is 29.0 Å². The van der Waals surface area contributed by atoms with Crippen molar-refractivity contribution in [1.29, 1.82) is 0 Å². The molecule has 1 fully saturated rings. The molecule has 0 unspecified atom stereocenters. The number of hydrogen-bond donors (Lipinski definition) is 2. The third-order valence-electron chi connectivity index (χ3n) is 2.91. The Morgan fingerprint density at radius 3 is 2.76 bits per heavy atom. The number of nitrogens with zero attached hydrogens (tertiary/aromatic N) is 3. The van der Waals surface area contributed by atoms with Crippen LogP contribution in [0.4, 0.5) is 17.6 Å². The third-order valence-corrected chi connectivity index (χ3v) is 2.91. The molecule has 1 saturated carbocycles. The fourth-order valence-corrected chi connectivity index (χ4v) is 1.94. The number of nitrogen functional groups attached to an aromatic ring is 1. The maximum atomic E-state index is 5.76. The van der Waals surface area contributed by atoms with Crippen LogP contribution in [0.15, 0.2) is 6.07 Å². The summed E-state index contributed by atoms with van der Waals surface area (Å²) in [6, 6.07) is 2.64. The van der Waals surface area contributed by atoms with Gasteiger partial charge in [0, 0.05) is 25.2 Å². The summed E-state index contributed by atoms with van der Waals surface area (Å²) in [5, 5.41) is 3.26. The minimum absolute atomic E-state index is 0.347. The van der Waals surface area contributed by atoms with E-state index in [1.54, 1.807) is 0 Å². The summed E-state index contributed by atoms with van der Waals surface area (Å²) in [5.41, 5.74) is 5.76. The Hall–Kier alpha value is -1.52. The fraction of sp³-hybridized carbons (Fsp3) is 0.667. The zero-order valence-corrected chi connectivity index (χ0v) is 10.6. The summed E-state index contributed by atoms with van der Waals surface area (Å²) in [5.74, 6) is 2.12. The van der Waals surface area contributed by atoms with Gasteiger partial charge in [-0.2, -0.15) is 9.97 Å². The quantitative estimate of drug-likeness (QED) is 0.788. The molecule has 5 heteroatoms. The Balaban J connectivity index is 2.17. The predicted octanol–water partition coefficient (Wildman–Crippen LogP) is 1.87. The van der Waals surface area contributed by atoms with Gasteiger partial charge in [-0.25, -0.2) is 0 Å². The molecule has 0 aromatic carbocycles. The number of rotatable bonds is 6. The van der Waals surface area contributed by atoms with E-state index in [9.17, 15) is 0 Å². The minimum Gasteiger partial charge on any atom is -0.370 e. The Kier molecular flexibility index (Phi) is 3.66. The van der Waals surface area contributed by atoms with Crippen molar-refractivity contribution in [3.8, 4) is 0 Å². The zero-order chi connectivity index (χ0) is 12.3. The van der Waals surface area contributed by atoms with Crippen LogP contribution < -0.4 is 16.0 Å². The van der Waals surface area contributed by atoms with E-state index in [-0.39, 0.29) is 0 Å². The van der Waals surface area contributed by atoms with Gasteiger partial charge in [0.2, 0.25) is 5.95 Å². The molecule has 0 aliphatic heterocycles. The van der Waals surface area contributed by atoms with Crippen molar-refractivity contribution < 1.29 is 0 Å². The molecular weight excluding hydrogens is 214 g/mol. The van der Waals surface area contributed by atoms with Crippen LogP contribution >= 0.6 is 0 Å². The molecule has 1 aromatic rings. The van der Waals surface area contributed by atoms with Gasteiger partial charge < -0.3 is 16.0 Å². The second-order valence-electron chi connectivity index (χ2n) is 4.41. The highest BCUT2D eigenvalue weighted by Crippen LogP contribution is 2.31. The number of nitrogens with two attached hydrogens (primary N) is 1. The zero-order valence-electron chi connectivity index (χ0n) is 10.6. The lowest BCUT2D eigenvalue weighted by molar-refractivity contribution is 0.806. The van der Waals surface area contributed by atoms with Crippen LogP contribution in [0.5, 0.6) is 0 Å². The Morgan fingerprint density at radius 1 is 1.41 bits per heavy atom. The smallest absolute Gasteiger partial charge is 0.223 e. The van der Waals surface area contributed by atoms with E-state index in [1.165, 1.54) is 12.8 Å². The average molecular weight is 235 g/mol. The standard InChI is InChI=1S/C12H21N5/c1-3-7-14-10-8-11(16-12(13)15-10)17(4-2)9-5-6-9/h8-9H,3-7H2,1-2H3,(H3,13,14,15,16). The summed E-state index contributed by atoms with van der Waals surface area (Å²) in [6.45, 7) is 6.15. The third kappa shape index (κ3) is 2.99. The summed E-state index contributed by atoms with van der Waals surface area (Å²) >= 11 is 0. The highest BCUT2D eigenvalue weighted by Gasteiger charge is 2.29. The maximum absolute atomic E-state index is 5.76. The largest absolute Gasteiger partial charge is 0.370 e. The van der Waals surface area contributed by atoms with Crippen LogP contribution in [0.2, 0.25) is 0 Å². The van der Waals surface area contributed by atoms with Crippen molar-refractivity contribution in [2.24, 2.45) is 0 Å². The summed E-state index contributed by atoms with van der Waals surface area (Å²) < 4.78 is 0. The lowest BCUT2D eigenvalue weighted by Gasteiger charge is -2.22. The lowest BCUT2D eigenvalue weighted by Crippen LogP contribution is -2.26. The topological polar surface area (TPSA) is 67.1 Å². The van der Waals surface area contributed by atoms with Crippen LogP contribution in [-0.4, -0.2) is 29.1 Å². The molecule has 1 aliphatic carbocycles. The van der Waals surface area contributed by atoms with Gasteiger partial charge in [0.05, 0.1) is 0 Å². The highest BCUT2D eigenvalue weighted by molar-refractivity contribution is 5.53. The fourth-order valence-electron chi connectivity index (χ4n) is 1.94. The molecule has 0 spiro atoms. The van der Waals surface area contributed by atoms with E-state index in [1.807, 2.05) is 6.07 Å². The Morgan fingerprint density at radius 2 is 2.18 bits per heavy atom. The molecule has 2 rings (SSSR count). The van der Waals surface area contributed by atoms with Crippen molar-refractivity contribution in [3.05, 3.63) is 6.07 Å². The molecule has 94 valence electrons. The van der Waals surface area contributed by atoms with Gasteiger partial charge in [0.15, 0.2) is 0 Å². The van der Waals surface area contributed by atoms with E-state index >= 15 is 0 Å². The number of nitrogens with one attached hydrogen (secondary N) is 1. The first kappa shape index (κ1) is 12.0. The molecule has 0 bridgehead atoms. The molecule has 17 heavy (non-hydrogen) atoms. The Labute approximate surface area is 102 Å². The monoisotopic (exact) mass is 235 g/mol. The van der Waals surface area contributed by atoms with Gasteiger partial charge in [-0.3, -0.25) is 0 Å². The van der Waals surface area contributed by atoms with Gasteiger partial charge in [-0.15, -0.1) is 0 Å². The molecule has 5 nitrogen and oxygen atoms in total. The summed E-state index contributed by atoms with van der Waals surface area (Å²) in [4.78, 5) is 10.8. The first-order valence-electron chi connectivity index (χ1n) is 6.39. The molecule has 1 aromatic heterocycles. The van der Waals surface area contributed by atoms with Gasteiger partial charge >= 0.3 is 0 Å². The van der Waals surface area contributed by atoms with Crippen LogP contribution in [0.1, 0.15) is 33.1 Å². The van der Waals surface area contributed by atoms with Crippen molar-refractivity contribution in [3.63, 3.8) is 0 Å². The van der Waals surface area contributed by atoms with E-state index in [2.05, 4.69) is 34.0 Å². The molecule has 3 N–H and O–H groups in total. The second kappa shape index (κ2) is 5.21. The second-order valence-corrected chi connectivity index (χ2v) is 4.41. The molecular formula is C12H21N5. The van der Waals surface area contributed by atoms with Crippen molar-refractivity contribution >= 4 is 17.6 Å². The van der Waals surface area contributed by atoms with Gasteiger partial charge in [-0.05, 0) is 26.2 Å². The Bertz CT molecular complexity index is 375. The first-order chi connectivity index (χ1) is 8.24. The molecule has 0 amide bonds. The first-order valence-corrected chi connectivity index (χ1v) is 6.39. The van der Waals surface area contributed by atoms with Crippen LogP contribution in [0.3, 0.4) is 0 Å². The van der Waals surface area contributed by atoms with Crippen LogP contribution in [0, 0.1) is 0 Å². The minimum atomic E-state index is 0.347. The van der Waals surface area contributed by atoms with E-state index in [0.29, 0.717) is 12.0 Å². The van der Waals surface area contributed by atoms with Crippen molar-refractivity contribution in [2.45, 2.75) is 39.2 Å². The average Bonchev–Trinajstić information content (AvgIpc) is 3.11.